The number of anilines is 3. The van der Waals surface area contributed by atoms with Gasteiger partial charge in [-0.15, -0.1) is 5.10 Å². The summed E-state index contributed by atoms with van der Waals surface area (Å²) in [6.07, 6.45) is 2.39. The number of ether oxygens (including phenoxy) is 2. The Morgan fingerprint density at radius 1 is 1.04 bits per heavy atom. The monoisotopic (exact) mass is 670 g/mol. The van der Waals surface area contributed by atoms with Gasteiger partial charge in [0.15, 0.2) is 0 Å². The second-order valence-electron chi connectivity index (χ2n) is 10.5. The van der Waals surface area contributed by atoms with E-state index in [9.17, 15) is 19.8 Å². The van der Waals surface area contributed by atoms with E-state index in [4.69, 9.17) is 32.7 Å². The number of hydrogen-bond donors (Lipinski definition) is 5. The molecule has 3 heterocycles. The summed E-state index contributed by atoms with van der Waals surface area (Å²) in [5.74, 6) is 1.07. The Kier molecular flexibility index (Phi) is 10.0. The largest absolute Gasteiger partial charge is 0.496 e. The fourth-order valence-corrected chi connectivity index (χ4v) is 5.24. The summed E-state index contributed by atoms with van der Waals surface area (Å²) in [4.78, 5) is 33.7. The Bertz CT molecular complexity index is 1750. The van der Waals surface area contributed by atoms with E-state index < -0.39 is 6.03 Å². The van der Waals surface area contributed by atoms with Gasteiger partial charge in [0.1, 0.15) is 33.9 Å². The Labute approximate surface area is 274 Å². The van der Waals surface area contributed by atoms with Crippen molar-refractivity contribution in [1.82, 2.24) is 24.6 Å². The second-order valence-corrected chi connectivity index (χ2v) is 11.3. The number of carbonyl (C=O) groups excluding carboxylic acids is 2. The van der Waals surface area contributed by atoms with E-state index in [-0.39, 0.29) is 45.8 Å². The van der Waals surface area contributed by atoms with Crippen molar-refractivity contribution in [1.29, 1.82) is 0 Å². The molecule has 46 heavy (non-hydrogen) atoms. The molecule has 5 N–H and O–H groups in total. The van der Waals surface area contributed by atoms with Crippen LogP contribution in [-0.2, 0) is 6.61 Å². The Morgan fingerprint density at radius 3 is 2.57 bits per heavy atom. The van der Waals surface area contributed by atoms with Crippen molar-refractivity contribution in [3.63, 3.8) is 0 Å². The maximum absolute atomic E-state index is 12.9. The molecule has 4 amide bonds. The number of aliphatic hydroxyl groups excluding tert-OH is 1. The predicted octanol–water partition coefficient (Wildman–Crippen LogP) is 5.38. The van der Waals surface area contributed by atoms with Crippen LogP contribution in [-0.4, -0.2) is 87.2 Å². The summed E-state index contributed by atoms with van der Waals surface area (Å²) >= 11 is 13.0. The van der Waals surface area contributed by atoms with Gasteiger partial charge in [0.05, 0.1) is 30.1 Å². The quantitative estimate of drug-likeness (QED) is 0.157. The number of likely N-dealkylation sites (tertiary alicyclic amines) is 1. The van der Waals surface area contributed by atoms with Crippen molar-refractivity contribution in [3.8, 4) is 28.8 Å². The van der Waals surface area contributed by atoms with E-state index in [1.807, 2.05) is 14.1 Å². The summed E-state index contributed by atoms with van der Waals surface area (Å²) in [6.45, 7) is 1.05. The van der Waals surface area contributed by atoms with E-state index >= 15 is 0 Å². The van der Waals surface area contributed by atoms with E-state index in [2.05, 4.69) is 30.9 Å². The van der Waals surface area contributed by atoms with Gasteiger partial charge in [-0.25, -0.2) is 19.3 Å². The van der Waals surface area contributed by atoms with Crippen molar-refractivity contribution in [2.24, 2.45) is 0 Å². The van der Waals surface area contributed by atoms with Crippen LogP contribution in [0.2, 0.25) is 10.0 Å². The molecule has 0 bridgehead atoms. The Balaban J connectivity index is 1.24. The second kappa shape index (κ2) is 14.1. The molecule has 0 aliphatic carbocycles. The lowest BCUT2D eigenvalue weighted by atomic mass is 10.2. The minimum Gasteiger partial charge on any atom is -0.496 e. The van der Waals surface area contributed by atoms with Crippen LogP contribution in [0.15, 0.2) is 54.7 Å². The van der Waals surface area contributed by atoms with Gasteiger partial charge in [-0.1, -0.05) is 29.3 Å². The van der Waals surface area contributed by atoms with E-state index in [1.165, 1.54) is 36.2 Å². The minimum atomic E-state index is -0.698. The van der Waals surface area contributed by atoms with Crippen LogP contribution in [0.5, 0.6) is 23.1 Å². The summed E-state index contributed by atoms with van der Waals surface area (Å²) in [5, 5.41) is 31.6. The standard InChI is InChI=1S/C30H32Cl2N8O6/c1-38(2)19-9-11-39(15-19)30(44)35-24-13-20(8-10-33-24)46-22-7-6-21(27(31)28(22)32)34-29(43)36-25-14-26(42)37-40(25)18-5-4-17(16-41)23(12-18)45-3/h4-8,10,12-14,19,41H,9,11,15-16H2,1-3H3,(H,37,42)(H,33,35,44)(H2,34,36,43)/t19-/m0/s1. The average molecular weight is 672 g/mol. The molecule has 16 heteroatoms. The number of pyridine rings is 1. The summed E-state index contributed by atoms with van der Waals surface area (Å²) in [7, 11) is 5.44. The molecule has 0 radical (unpaired) electrons. The lowest BCUT2D eigenvalue weighted by molar-refractivity contribution is 0.216. The van der Waals surface area contributed by atoms with Crippen LogP contribution in [0, 0.1) is 0 Å². The smallest absolute Gasteiger partial charge is 0.324 e. The van der Waals surface area contributed by atoms with Crippen LogP contribution >= 0.6 is 23.2 Å². The first-order chi connectivity index (χ1) is 22.1. The van der Waals surface area contributed by atoms with Gasteiger partial charge in [-0.3, -0.25) is 10.6 Å². The zero-order chi connectivity index (χ0) is 33.0. The third-order valence-electron chi connectivity index (χ3n) is 7.29. The molecule has 1 aliphatic rings. The van der Waals surface area contributed by atoms with Crippen molar-refractivity contribution >= 4 is 52.6 Å². The summed E-state index contributed by atoms with van der Waals surface area (Å²) < 4.78 is 12.5. The van der Waals surface area contributed by atoms with Gasteiger partial charge in [-0.2, -0.15) is 0 Å². The van der Waals surface area contributed by atoms with Crippen LogP contribution in [0.3, 0.4) is 0 Å². The highest BCUT2D eigenvalue weighted by Gasteiger charge is 2.27. The molecule has 1 fully saturated rings. The van der Waals surface area contributed by atoms with Crippen molar-refractivity contribution in [3.05, 3.63) is 70.3 Å². The summed E-state index contributed by atoms with van der Waals surface area (Å²) in [6, 6.07) is 11.7. The van der Waals surface area contributed by atoms with E-state index in [0.29, 0.717) is 47.7 Å². The predicted molar refractivity (Wildman–Crippen MR) is 174 cm³/mol. The van der Waals surface area contributed by atoms with Crippen LogP contribution in [0.4, 0.5) is 26.9 Å². The lowest BCUT2D eigenvalue weighted by Crippen LogP contribution is -2.36. The number of methoxy groups -OCH3 is 1. The van der Waals surface area contributed by atoms with E-state index in [0.717, 1.165) is 6.42 Å². The van der Waals surface area contributed by atoms with Crippen LogP contribution in [0.25, 0.3) is 5.69 Å². The van der Waals surface area contributed by atoms with Gasteiger partial charge in [0.25, 0.3) is 0 Å². The Hall–Kier alpha value is -4.76. The van der Waals surface area contributed by atoms with Crippen molar-refractivity contribution < 1.29 is 29.3 Å². The molecule has 14 nitrogen and oxygen atoms in total. The molecule has 2 aromatic carbocycles. The maximum Gasteiger partial charge on any atom is 0.324 e. The van der Waals surface area contributed by atoms with Gasteiger partial charge >= 0.3 is 12.1 Å². The highest BCUT2D eigenvalue weighted by Crippen LogP contribution is 2.40. The molecule has 1 saturated heterocycles. The third-order valence-corrected chi connectivity index (χ3v) is 8.16. The highest BCUT2D eigenvalue weighted by molar-refractivity contribution is 6.45. The minimum absolute atomic E-state index is 0.0158. The van der Waals surface area contributed by atoms with Gasteiger partial charge in [-0.05, 0) is 44.8 Å². The number of nitrogens with one attached hydrogen (secondary N) is 3. The maximum atomic E-state index is 12.9. The fourth-order valence-electron chi connectivity index (χ4n) is 4.83. The number of aromatic hydroxyl groups is 1. The van der Waals surface area contributed by atoms with Crippen LogP contribution in [0.1, 0.15) is 12.0 Å². The number of nitrogens with zero attached hydrogens (tertiary/aromatic N) is 5. The molecule has 5 rings (SSSR count). The Morgan fingerprint density at radius 2 is 1.85 bits per heavy atom. The average Bonchev–Trinajstić information content (AvgIpc) is 3.68. The number of urea groups is 2. The number of carbonyl (C=O) groups is 2. The lowest BCUT2D eigenvalue weighted by Gasteiger charge is -2.20. The first kappa shape index (κ1) is 32.6. The van der Waals surface area contributed by atoms with Gasteiger partial charge < -0.3 is 34.8 Å². The topological polar surface area (TPSA) is 166 Å². The molecule has 0 saturated carbocycles. The number of rotatable bonds is 9. The first-order valence-corrected chi connectivity index (χ1v) is 14.8. The number of halogens is 2. The number of likely N-dealkylation sites (N-methyl/N-ethyl adjacent to an activating group) is 1. The zero-order valence-corrected chi connectivity index (χ0v) is 26.6. The molecule has 0 spiro atoms. The number of aromatic nitrogens is 3. The SMILES string of the molecule is COc1cc(-n2nc(O)cc2NC(=O)Nc2ccc(Oc3ccnc(NC(=O)N4CC[C@H](N(C)C)C4)c3)c(Cl)c2Cl)ccc1CO. The third kappa shape index (κ3) is 7.37. The molecule has 242 valence electrons. The molecular formula is C30H32Cl2N8O6. The van der Waals surface area contributed by atoms with Gasteiger partial charge in [0, 0.05) is 49.1 Å². The fraction of sp³-hybridized carbons (Fsp3) is 0.267. The molecule has 0 unspecified atom stereocenters. The summed E-state index contributed by atoms with van der Waals surface area (Å²) in [5.41, 5.74) is 1.20. The molecule has 1 aliphatic heterocycles. The van der Waals surface area contributed by atoms with Gasteiger partial charge in [0.2, 0.25) is 5.88 Å². The molecule has 4 aromatic rings. The van der Waals surface area contributed by atoms with E-state index in [1.54, 1.807) is 35.2 Å². The number of amides is 4. The van der Waals surface area contributed by atoms with Crippen LogP contribution < -0.4 is 25.4 Å². The molecule has 2 aromatic heterocycles. The molecule has 1 atom stereocenters. The highest BCUT2D eigenvalue weighted by atomic mass is 35.5. The first-order valence-electron chi connectivity index (χ1n) is 14.1. The normalized spacial score (nSPS) is 14.3. The van der Waals surface area contributed by atoms with Crippen molar-refractivity contribution in [2.45, 2.75) is 19.1 Å². The van der Waals surface area contributed by atoms with Crippen molar-refractivity contribution in [2.75, 3.05) is 50.2 Å². The molecular weight excluding hydrogens is 639 g/mol. The number of hydrogen-bond acceptors (Lipinski definition) is 9. The zero-order valence-electron chi connectivity index (χ0n) is 25.1. The number of benzene rings is 2. The number of aliphatic hydroxyl groups is 1.